The van der Waals surface area contributed by atoms with Gasteiger partial charge in [-0.25, -0.2) is 0 Å². The van der Waals surface area contributed by atoms with Gasteiger partial charge in [-0.2, -0.15) is 4.68 Å². The summed E-state index contributed by atoms with van der Waals surface area (Å²) in [7, 11) is 0. The van der Waals surface area contributed by atoms with E-state index in [9.17, 15) is 10.1 Å². The Labute approximate surface area is 144 Å². The largest absolute Gasteiger partial charge is 0.284 e. The molecule has 7 nitrogen and oxygen atoms in total. The van der Waals surface area contributed by atoms with Crippen molar-refractivity contribution in [2.75, 3.05) is 0 Å². The number of aromatic nitrogens is 4. The van der Waals surface area contributed by atoms with Crippen LogP contribution in [0, 0.1) is 17.0 Å². The van der Waals surface area contributed by atoms with E-state index in [-0.39, 0.29) is 5.69 Å². The van der Waals surface area contributed by atoms with Crippen molar-refractivity contribution in [3.8, 4) is 5.69 Å². The van der Waals surface area contributed by atoms with Gasteiger partial charge < -0.3 is 0 Å². The molecule has 0 aliphatic rings. The van der Waals surface area contributed by atoms with E-state index in [0.717, 1.165) is 23.0 Å². The monoisotopic (exact) mass is 391 g/mol. The molecule has 0 fully saturated rings. The highest BCUT2D eigenvalue weighted by Gasteiger charge is 2.19. The van der Waals surface area contributed by atoms with Crippen molar-refractivity contribution in [1.82, 2.24) is 20.2 Å². The summed E-state index contributed by atoms with van der Waals surface area (Å²) in [5, 5.41) is 23.3. The van der Waals surface area contributed by atoms with Crippen LogP contribution in [0.5, 0.6) is 0 Å². The topological polar surface area (TPSA) is 86.7 Å². The van der Waals surface area contributed by atoms with Crippen LogP contribution in [0.1, 0.15) is 5.56 Å². The van der Waals surface area contributed by atoms with Crippen LogP contribution in [0.25, 0.3) is 5.69 Å². The van der Waals surface area contributed by atoms with Crippen molar-refractivity contribution in [1.29, 1.82) is 0 Å². The smallest absolute Gasteiger partial charge is 0.258 e. The van der Waals surface area contributed by atoms with Crippen LogP contribution < -0.4 is 0 Å². The third-order valence-electron chi connectivity index (χ3n) is 3.04. The second-order valence-electron chi connectivity index (χ2n) is 4.68. The Kier molecular flexibility index (Phi) is 4.39. The molecule has 116 valence electrons. The van der Waals surface area contributed by atoms with Crippen LogP contribution in [-0.4, -0.2) is 25.1 Å². The molecule has 0 saturated carbocycles. The standard InChI is InChI=1S/C14H10BrN5O2S/c1-9-2-5-11(6-3-9)19-14(16-17-18-19)23-13-7-4-10(15)8-12(13)20(21)22/h2-8H,1H3. The van der Waals surface area contributed by atoms with Crippen LogP contribution in [-0.2, 0) is 0 Å². The van der Waals surface area contributed by atoms with Crippen LogP contribution in [0.15, 0.2) is 57.0 Å². The molecule has 1 heterocycles. The summed E-state index contributed by atoms with van der Waals surface area (Å²) in [4.78, 5) is 11.3. The van der Waals surface area contributed by atoms with Gasteiger partial charge in [-0.05, 0) is 53.4 Å². The number of nitro benzene ring substituents is 1. The molecule has 0 N–H and O–H groups in total. The Morgan fingerprint density at radius 2 is 1.96 bits per heavy atom. The average molecular weight is 392 g/mol. The number of tetrazole rings is 1. The fourth-order valence-corrected chi connectivity index (χ4v) is 3.13. The number of hydrogen-bond donors (Lipinski definition) is 0. The lowest BCUT2D eigenvalue weighted by Gasteiger charge is -2.05. The average Bonchev–Trinajstić information content (AvgIpc) is 2.98. The highest BCUT2D eigenvalue weighted by Crippen LogP contribution is 2.35. The Hall–Kier alpha value is -2.26. The molecular weight excluding hydrogens is 382 g/mol. The predicted molar refractivity (Wildman–Crippen MR) is 88.8 cm³/mol. The summed E-state index contributed by atoms with van der Waals surface area (Å²) in [5.41, 5.74) is 1.92. The van der Waals surface area contributed by atoms with Crippen LogP contribution in [0.2, 0.25) is 0 Å². The van der Waals surface area contributed by atoms with E-state index >= 15 is 0 Å². The number of halogens is 1. The maximum absolute atomic E-state index is 11.2. The second-order valence-corrected chi connectivity index (χ2v) is 6.60. The number of nitro groups is 1. The van der Waals surface area contributed by atoms with Gasteiger partial charge in [-0.3, -0.25) is 10.1 Å². The Balaban J connectivity index is 1.98. The molecule has 23 heavy (non-hydrogen) atoms. The zero-order valence-electron chi connectivity index (χ0n) is 11.9. The minimum Gasteiger partial charge on any atom is -0.258 e. The normalized spacial score (nSPS) is 10.7. The molecule has 3 rings (SSSR count). The molecule has 9 heteroatoms. The maximum Gasteiger partial charge on any atom is 0.284 e. The summed E-state index contributed by atoms with van der Waals surface area (Å²) < 4.78 is 2.20. The molecule has 0 atom stereocenters. The van der Waals surface area contributed by atoms with E-state index in [4.69, 9.17) is 0 Å². The third kappa shape index (κ3) is 3.40. The van der Waals surface area contributed by atoms with E-state index in [2.05, 4.69) is 31.5 Å². The first kappa shape index (κ1) is 15.6. The first-order chi connectivity index (χ1) is 11.0. The van der Waals surface area contributed by atoms with Crippen molar-refractivity contribution < 1.29 is 4.92 Å². The first-order valence-corrected chi connectivity index (χ1v) is 8.13. The summed E-state index contributed by atoms with van der Waals surface area (Å²) >= 11 is 4.39. The van der Waals surface area contributed by atoms with Crippen LogP contribution in [0.3, 0.4) is 0 Å². The zero-order valence-corrected chi connectivity index (χ0v) is 14.3. The van der Waals surface area contributed by atoms with Crippen LogP contribution in [0.4, 0.5) is 5.69 Å². The number of nitrogens with zero attached hydrogens (tertiary/aromatic N) is 5. The summed E-state index contributed by atoms with van der Waals surface area (Å²) in [6, 6.07) is 12.6. The van der Waals surface area contributed by atoms with Crippen LogP contribution >= 0.6 is 27.7 Å². The molecule has 0 unspecified atom stereocenters. The van der Waals surface area contributed by atoms with Gasteiger partial charge in [0.05, 0.1) is 15.5 Å². The lowest BCUT2D eigenvalue weighted by molar-refractivity contribution is -0.387. The minimum atomic E-state index is -0.424. The maximum atomic E-state index is 11.2. The quantitative estimate of drug-likeness (QED) is 0.496. The predicted octanol–water partition coefficient (Wildman–Crippen LogP) is 3.79. The fraction of sp³-hybridized carbons (Fsp3) is 0.0714. The van der Waals surface area contributed by atoms with Gasteiger partial charge in [0.2, 0.25) is 5.16 Å². The molecule has 0 radical (unpaired) electrons. The van der Waals surface area contributed by atoms with Gasteiger partial charge in [0.25, 0.3) is 5.69 Å². The molecular formula is C14H10BrN5O2S. The van der Waals surface area contributed by atoms with Gasteiger partial charge in [0.15, 0.2) is 0 Å². The SMILES string of the molecule is Cc1ccc(-n2nnnc2Sc2ccc(Br)cc2[N+](=O)[O-])cc1. The minimum absolute atomic E-state index is 0.00262. The molecule has 0 aliphatic heterocycles. The number of rotatable bonds is 4. The molecule has 2 aromatic carbocycles. The molecule has 0 amide bonds. The van der Waals surface area contributed by atoms with Crippen molar-refractivity contribution in [3.63, 3.8) is 0 Å². The lowest BCUT2D eigenvalue weighted by atomic mass is 10.2. The summed E-state index contributed by atoms with van der Waals surface area (Å²) in [6.07, 6.45) is 0. The Bertz CT molecular complexity index is 866. The van der Waals surface area contributed by atoms with Crippen molar-refractivity contribution >= 4 is 33.4 Å². The highest BCUT2D eigenvalue weighted by molar-refractivity contribution is 9.10. The van der Waals surface area contributed by atoms with Gasteiger partial charge >= 0.3 is 0 Å². The molecule has 0 bridgehead atoms. The highest BCUT2D eigenvalue weighted by atomic mass is 79.9. The zero-order chi connectivity index (χ0) is 16.4. The second kappa shape index (κ2) is 6.47. The molecule has 0 saturated heterocycles. The molecule has 3 aromatic rings. The number of aryl methyl sites for hydroxylation is 1. The molecule has 0 spiro atoms. The number of hydrogen-bond acceptors (Lipinski definition) is 6. The lowest BCUT2D eigenvalue weighted by Crippen LogP contribution is -1.99. The van der Waals surface area contributed by atoms with E-state index in [1.54, 1.807) is 16.8 Å². The first-order valence-electron chi connectivity index (χ1n) is 6.52. The van der Waals surface area contributed by atoms with E-state index in [0.29, 0.717) is 14.5 Å². The van der Waals surface area contributed by atoms with Crippen molar-refractivity contribution in [2.24, 2.45) is 0 Å². The van der Waals surface area contributed by atoms with E-state index in [1.165, 1.54) is 6.07 Å². The Morgan fingerprint density at radius 3 is 2.65 bits per heavy atom. The van der Waals surface area contributed by atoms with E-state index < -0.39 is 4.92 Å². The summed E-state index contributed by atoms with van der Waals surface area (Å²) in [5.74, 6) is 0. The number of benzene rings is 2. The van der Waals surface area contributed by atoms with E-state index in [1.807, 2.05) is 31.2 Å². The fourth-order valence-electron chi connectivity index (χ4n) is 1.91. The van der Waals surface area contributed by atoms with Crippen molar-refractivity contribution in [2.45, 2.75) is 17.0 Å². The third-order valence-corrected chi connectivity index (χ3v) is 4.53. The van der Waals surface area contributed by atoms with Gasteiger partial charge in [-0.1, -0.05) is 33.6 Å². The van der Waals surface area contributed by atoms with Gasteiger partial charge in [0, 0.05) is 10.5 Å². The Morgan fingerprint density at radius 1 is 1.22 bits per heavy atom. The van der Waals surface area contributed by atoms with Crippen molar-refractivity contribution in [3.05, 3.63) is 62.6 Å². The van der Waals surface area contributed by atoms with Gasteiger partial charge in [-0.15, -0.1) is 5.10 Å². The molecule has 1 aromatic heterocycles. The van der Waals surface area contributed by atoms with Gasteiger partial charge in [0.1, 0.15) is 0 Å². The molecule has 0 aliphatic carbocycles. The summed E-state index contributed by atoms with van der Waals surface area (Å²) in [6.45, 7) is 1.99.